The first-order valence-electron chi connectivity index (χ1n) is 9.64. The average molecular weight is 447 g/mol. The number of aromatic nitrogens is 1. The zero-order valence-electron chi connectivity index (χ0n) is 17.4. The number of nitrogens with zero attached hydrogens (tertiary/aromatic N) is 3. The molecule has 160 valence electrons. The van der Waals surface area contributed by atoms with Crippen molar-refractivity contribution < 1.29 is 14.3 Å². The molecule has 1 N–H and O–H groups in total. The second-order valence-corrected chi connectivity index (χ2v) is 9.32. The fourth-order valence-corrected chi connectivity index (χ4v) is 5.27. The zero-order valence-corrected chi connectivity index (χ0v) is 19.0. The summed E-state index contributed by atoms with van der Waals surface area (Å²) in [7, 11) is 3.46. The lowest BCUT2D eigenvalue weighted by Crippen LogP contribution is -2.55. The SMILES string of the molecule is C=CC(=O)N1CCN(C(=O)Cc2cc(Sc3cnc(NC)s3)ccc2OC)C[C@H]1C. The summed E-state index contributed by atoms with van der Waals surface area (Å²) in [5.74, 6) is 0.634. The minimum atomic E-state index is -0.0921. The van der Waals surface area contributed by atoms with Crippen LogP contribution in [0.3, 0.4) is 0 Å². The highest BCUT2D eigenvalue weighted by Gasteiger charge is 2.29. The molecule has 1 aliphatic heterocycles. The lowest BCUT2D eigenvalue weighted by Gasteiger charge is -2.39. The second kappa shape index (κ2) is 9.99. The summed E-state index contributed by atoms with van der Waals surface area (Å²) < 4.78 is 6.55. The van der Waals surface area contributed by atoms with Crippen molar-refractivity contribution in [2.24, 2.45) is 0 Å². The molecular formula is C21H26N4O3S2. The maximum absolute atomic E-state index is 13.0. The van der Waals surface area contributed by atoms with E-state index >= 15 is 0 Å². The summed E-state index contributed by atoms with van der Waals surface area (Å²) in [6.45, 7) is 7.06. The van der Waals surface area contributed by atoms with Gasteiger partial charge in [0, 0.05) is 43.2 Å². The molecular weight excluding hydrogens is 420 g/mol. The Hall–Kier alpha value is -2.52. The van der Waals surface area contributed by atoms with Crippen LogP contribution in [0.4, 0.5) is 5.13 Å². The molecule has 3 rings (SSSR count). The Labute approximate surface area is 185 Å². The normalized spacial score (nSPS) is 16.3. The van der Waals surface area contributed by atoms with E-state index in [9.17, 15) is 9.59 Å². The van der Waals surface area contributed by atoms with Crippen LogP contribution in [0, 0.1) is 0 Å². The summed E-state index contributed by atoms with van der Waals surface area (Å²) in [5, 5.41) is 3.90. The van der Waals surface area contributed by atoms with Gasteiger partial charge in [0.2, 0.25) is 11.8 Å². The lowest BCUT2D eigenvalue weighted by molar-refractivity contribution is -0.139. The van der Waals surface area contributed by atoms with Gasteiger partial charge in [-0.25, -0.2) is 4.98 Å². The number of benzene rings is 1. The Kier molecular flexibility index (Phi) is 7.38. The van der Waals surface area contributed by atoms with Crippen molar-refractivity contribution in [2.45, 2.75) is 28.5 Å². The third kappa shape index (κ3) is 5.14. The Morgan fingerprint density at radius 1 is 1.43 bits per heavy atom. The van der Waals surface area contributed by atoms with E-state index < -0.39 is 0 Å². The largest absolute Gasteiger partial charge is 0.496 e. The number of hydrogen-bond acceptors (Lipinski definition) is 7. The summed E-state index contributed by atoms with van der Waals surface area (Å²) in [6, 6.07) is 5.84. The van der Waals surface area contributed by atoms with Gasteiger partial charge in [-0.2, -0.15) is 0 Å². The highest BCUT2D eigenvalue weighted by atomic mass is 32.2. The summed E-state index contributed by atoms with van der Waals surface area (Å²) in [6.07, 6.45) is 3.41. The number of ether oxygens (including phenoxy) is 1. The van der Waals surface area contributed by atoms with Crippen molar-refractivity contribution in [3.63, 3.8) is 0 Å². The highest BCUT2D eigenvalue weighted by Crippen LogP contribution is 2.36. The third-order valence-electron chi connectivity index (χ3n) is 4.95. The van der Waals surface area contributed by atoms with E-state index in [1.54, 1.807) is 35.1 Å². The molecule has 2 aromatic rings. The molecule has 1 saturated heterocycles. The maximum atomic E-state index is 13.0. The van der Waals surface area contributed by atoms with E-state index in [1.807, 2.05) is 43.3 Å². The molecule has 0 radical (unpaired) electrons. The average Bonchev–Trinajstić information content (AvgIpc) is 3.21. The van der Waals surface area contributed by atoms with E-state index in [1.165, 1.54) is 6.08 Å². The first kappa shape index (κ1) is 22.2. The third-order valence-corrected chi connectivity index (χ3v) is 7.05. The number of anilines is 1. The van der Waals surface area contributed by atoms with Crippen LogP contribution in [0.2, 0.25) is 0 Å². The molecule has 0 spiro atoms. The van der Waals surface area contributed by atoms with Gasteiger partial charge >= 0.3 is 0 Å². The molecule has 0 saturated carbocycles. The predicted octanol–water partition coefficient (Wildman–Crippen LogP) is 3.13. The van der Waals surface area contributed by atoms with Gasteiger partial charge in [-0.05, 0) is 31.2 Å². The van der Waals surface area contributed by atoms with Crippen molar-refractivity contribution in [3.05, 3.63) is 42.6 Å². The first-order chi connectivity index (χ1) is 14.4. The van der Waals surface area contributed by atoms with Crippen molar-refractivity contribution in [1.82, 2.24) is 14.8 Å². The van der Waals surface area contributed by atoms with Gasteiger partial charge in [-0.3, -0.25) is 9.59 Å². The van der Waals surface area contributed by atoms with E-state index in [0.29, 0.717) is 25.4 Å². The number of piperazine rings is 1. The van der Waals surface area contributed by atoms with Crippen LogP contribution in [0.25, 0.3) is 0 Å². The van der Waals surface area contributed by atoms with Crippen LogP contribution in [-0.2, 0) is 16.0 Å². The van der Waals surface area contributed by atoms with Crippen molar-refractivity contribution in [3.8, 4) is 5.75 Å². The smallest absolute Gasteiger partial charge is 0.246 e. The molecule has 2 amide bonds. The molecule has 1 atom stereocenters. The second-order valence-electron chi connectivity index (χ2n) is 6.91. The molecule has 0 bridgehead atoms. The quantitative estimate of drug-likeness (QED) is 0.659. The fraction of sp³-hybridized carbons (Fsp3) is 0.381. The van der Waals surface area contributed by atoms with Crippen molar-refractivity contribution >= 4 is 40.0 Å². The van der Waals surface area contributed by atoms with Crippen LogP contribution >= 0.6 is 23.1 Å². The minimum absolute atomic E-state index is 0.0308. The topological polar surface area (TPSA) is 74.8 Å². The molecule has 0 unspecified atom stereocenters. The summed E-state index contributed by atoms with van der Waals surface area (Å²) >= 11 is 3.19. The predicted molar refractivity (Wildman–Crippen MR) is 120 cm³/mol. The van der Waals surface area contributed by atoms with E-state index in [4.69, 9.17) is 4.74 Å². The van der Waals surface area contributed by atoms with Crippen molar-refractivity contribution in [1.29, 1.82) is 0 Å². The van der Waals surface area contributed by atoms with E-state index in [0.717, 1.165) is 19.8 Å². The Bertz CT molecular complexity index is 931. The van der Waals surface area contributed by atoms with Crippen LogP contribution in [0.1, 0.15) is 12.5 Å². The molecule has 1 fully saturated rings. The van der Waals surface area contributed by atoms with Gasteiger partial charge in [0.25, 0.3) is 0 Å². The van der Waals surface area contributed by atoms with Crippen molar-refractivity contribution in [2.75, 3.05) is 39.1 Å². The highest BCUT2D eigenvalue weighted by molar-refractivity contribution is 8.01. The molecule has 9 heteroatoms. The van der Waals surface area contributed by atoms with Crippen LogP contribution in [-0.4, -0.2) is 66.4 Å². The van der Waals surface area contributed by atoms with Crippen LogP contribution in [0.5, 0.6) is 5.75 Å². The Morgan fingerprint density at radius 3 is 2.87 bits per heavy atom. The van der Waals surface area contributed by atoms with Gasteiger partial charge in [0.05, 0.1) is 23.9 Å². The molecule has 0 aliphatic carbocycles. The molecule has 7 nitrogen and oxygen atoms in total. The molecule has 1 aromatic carbocycles. The number of hydrogen-bond donors (Lipinski definition) is 1. The lowest BCUT2D eigenvalue weighted by atomic mass is 10.1. The monoisotopic (exact) mass is 446 g/mol. The number of rotatable bonds is 7. The van der Waals surface area contributed by atoms with Crippen LogP contribution in [0.15, 0.2) is 46.2 Å². The van der Waals surface area contributed by atoms with Gasteiger partial charge in [0.15, 0.2) is 5.13 Å². The van der Waals surface area contributed by atoms with Gasteiger partial charge in [-0.1, -0.05) is 29.7 Å². The van der Waals surface area contributed by atoms with E-state index in [-0.39, 0.29) is 24.3 Å². The van der Waals surface area contributed by atoms with Gasteiger partial charge < -0.3 is 19.9 Å². The summed E-state index contributed by atoms with van der Waals surface area (Å²) in [4.78, 5) is 33.8. The fourth-order valence-electron chi connectivity index (χ4n) is 3.40. The number of amides is 2. The molecule has 1 aliphatic rings. The minimum Gasteiger partial charge on any atom is -0.496 e. The number of carbonyl (C=O) groups excluding carboxylic acids is 2. The number of methoxy groups -OCH3 is 1. The standard InChI is InChI=1S/C21H26N4O3S2/c1-5-18(26)25-9-8-24(13-14(25)2)19(27)11-15-10-16(6-7-17(15)28-4)29-20-12-23-21(22-3)30-20/h5-7,10,12,14H,1,8-9,11,13H2,2-4H3,(H,22,23)/t14-/m1/s1. The Morgan fingerprint density at radius 2 is 2.23 bits per heavy atom. The number of carbonyl (C=O) groups is 2. The zero-order chi connectivity index (χ0) is 21.7. The van der Waals surface area contributed by atoms with Gasteiger partial charge in [-0.15, -0.1) is 0 Å². The molecule has 1 aromatic heterocycles. The Balaban J connectivity index is 1.69. The number of thiazole rings is 1. The van der Waals surface area contributed by atoms with E-state index in [2.05, 4.69) is 16.9 Å². The maximum Gasteiger partial charge on any atom is 0.246 e. The number of nitrogens with one attached hydrogen (secondary N) is 1. The molecule has 2 heterocycles. The first-order valence-corrected chi connectivity index (χ1v) is 11.3. The molecule has 30 heavy (non-hydrogen) atoms. The summed E-state index contributed by atoms with van der Waals surface area (Å²) in [5.41, 5.74) is 0.850. The van der Waals surface area contributed by atoms with Crippen LogP contribution < -0.4 is 10.1 Å². The van der Waals surface area contributed by atoms with Gasteiger partial charge in [0.1, 0.15) is 5.75 Å².